The molecule has 0 aromatic heterocycles. The first kappa shape index (κ1) is 28.0. The van der Waals surface area contributed by atoms with Gasteiger partial charge in [0, 0.05) is 13.2 Å². The molecule has 0 bridgehead atoms. The fourth-order valence-electron chi connectivity index (χ4n) is 2.51. The summed E-state index contributed by atoms with van der Waals surface area (Å²) in [5.41, 5.74) is 0. The van der Waals surface area contributed by atoms with E-state index in [-0.39, 0.29) is 12.8 Å². The van der Waals surface area contributed by atoms with Crippen LogP contribution in [0.4, 0.5) is 0 Å². The third-order valence-corrected chi connectivity index (χ3v) is 4.49. The zero-order chi connectivity index (χ0) is 22.3. The van der Waals surface area contributed by atoms with Crippen LogP contribution in [-0.2, 0) is 19.2 Å². The molecule has 0 radical (unpaired) electrons. The van der Waals surface area contributed by atoms with Crippen molar-refractivity contribution in [2.45, 2.75) is 52.4 Å². The Morgan fingerprint density at radius 2 is 0.857 bits per heavy atom. The monoisotopic (exact) mass is 408 g/mol. The van der Waals surface area contributed by atoms with Gasteiger partial charge >= 0.3 is 23.9 Å². The number of carboxylic acid groups (broad SMARTS) is 4. The Kier molecular flexibility index (Phi) is 15.8. The first-order valence-electron chi connectivity index (χ1n) is 9.18. The van der Waals surface area contributed by atoms with E-state index < -0.39 is 35.7 Å². The highest BCUT2D eigenvalue weighted by Gasteiger charge is 2.23. The van der Waals surface area contributed by atoms with E-state index in [0.717, 1.165) is 25.7 Å². The standard InChI is InChI=1S/C8H16O2.2C5H8O4/c9-5-7-1-2-8(6-10)4-3-7;2*1-2-3(4(6)7)5(8)9/h7-10H,1-6H2;2*3H,2H2,1H3,(H,6,7)(H,8,9). The van der Waals surface area contributed by atoms with Gasteiger partial charge in [0.2, 0.25) is 0 Å². The van der Waals surface area contributed by atoms with Gasteiger partial charge in [-0.2, -0.15) is 0 Å². The molecule has 1 fully saturated rings. The fraction of sp³-hybridized carbons (Fsp3) is 0.778. The summed E-state index contributed by atoms with van der Waals surface area (Å²) in [4.78, 5) is 40.0. The van der Waals surface area contributed by atoms with Crippen LogP contribution in [0.2, 0.25) is 0 Å². The van der Waals surface area contributed by atoms with Crippen LogP contribution in [0.1, 0.15) is 52.4 Å². The molecule has 1 aliphatic carbocycles. The van der Waals surface area contributed by atoms with Crippen molar-refractivity contribution in [1.29, 1.82) is 0 Å². The molecule has 0 heterocycles. The van der Waals surface area contributed by atoms with Gasteiger partial charge in [0.25, 0.3) is 0 Å². The maximum absolute atomic E-state index is 9.99. The van der Waals surface area contributed by atoms with Crippen LogP contribution in [0.25, 0.3) is 0 Å². The fourth-order valence-corrected chi connectivity index (χ4v) is 2.51. The number of hydrogen-bond donors (Lipinski definition) is 6. The second kappa shape index (κ2) is 15.8. The van der Waals surface area contributed by atoms with Gasteiger partial charge < -0.3 is 30.6 Å². The molecule has 0 unspecified atom stereocenters. The van der Waals surface area contributed by atoms with Crippen molar-refractivity contribution in [3.05, 3.63) is 0 Å². The molecule has 1 saturated carbocycles. The Morgan fingerprint density at radius 1 is 0.643 bits per heavy atom. The van der Waals surface area contributed by atoms with Crippen LogP contribution in [0, 0.1) is 23.7 Å². The zero-order valence-electron chi connectivity index (χ0n) is 16.3. The van der Waals surface area contributed by atoms with Gasteiger partial charge in [0.05, 0.1) is 0 Å². The quantitative estimate of drug-likeness (QED) is 0.317. The van der Waals surface area contributed by atoms with Crippen molar-refractivity contribution >= 4 is 23.9 Å². The molecule has 164 valence electrons. The molecular weight excluding hydrogens is 376 g/mol. The SMILES string of the molecule is CCC(C(=O)O)C(=O)O.CCC(C(=O)O)C(=O)O.OCC1CCC(CO)CC1. The first-order chi connectivity index (χ1) is 13.0. The summed E-state index contributed by atoms with van der Waals surface area (Å²) in [7, 11) is 0. The highest BCUT2D eigenvalue weighted by Crippen LogP contribution is 2.27. The second-order valence-corrected chi connectivity index (χ2v) is 6.53. The summed E-state index contributed by atoms with van der Waals surface area (Å²) in [5.74, 6) is -6.55. The van der Waals surface area contributed by atoms with E-state index in [0.29, 0.717) is 25.0 Å². The number of aliphatic hydroxyl groups excluding tert-OH is 2. The minimum absolute atomic E-state index is 0.130. The summed E-state index contributed by atoms with van der Waals surface area (Å²) >= 11 is 0. The molecule has 6 N–H and O–H groups in total. The molecule has 0 aromatic rings. The van der Waals surface area contributed by atoms with E-state index in [1.165, 1.54) is 13.8 Å². The van der Waals surface area contributed by atoms with Crippen LogP contribution in [0.3, 0.4) is 0 Å². The molecule has 10 heteroatoms. The normalized spacial score (nSPS) is 18.4. The number of carboxylic acids is 4. The average Bonchev–Trinajstić information content (AvgIpc) is 2.62. The second-order valence-electron chi connectivity index (χ2n) is 6.53. The smallest absolute Gasteiger partial charge is 0.317 e. The predicted octanol–water partition coefficient (Wildman–Crippen LogP) is 1.14. The van der Waals surface area contributed by atoms with E-state index in [4.69, 9.17) is 30.6 Å². The van der Waals surface area contributed by atoms with Gasteiger partial charge in [-0.3, -0.25) is 19.2 Å². The molecule has 0 spiro atoms. The summed E-state index contributed by atoms with van der Waals surface area (Å²) in [6.07, 6.45) is 4.66. The van der Waals surface area contributed by atoms with Gasteiger partial charge in [-0.1, -0.05) is 13.8 Å². The molecule has 0 atom stereocenters. The largest absolute Gasteiger partial charge is 0.481 e. The lowest BCUT2D eigenvalue weighted by molar-refractivity contribution is -0.156. The van der Waals surface area contributed by atoms with E-state index in [9.17, 15) is 19.2 Å². The lowest BCUT2D eigenvalue weighted by atomic mass is 9.83. The van der Waals surface area contributed by atoms with Crippen molar-refractivity contribution in [2.75, 3.05) is 13.2 Å². The third kappa shape index (κ3) is 12.2. The average molecular weight is 408 g/mol. The Labute approximate surface area is 163 Å². The Morgan fingerprint density at radius 3 is 0.929 bits per heavy atom. The van der Waals surface area contributed by atoms with Crippen LogP contribution < -0.4 is 0 Å². The summed E-state index contributed by atoms with van der Waals surface area (Å²) in [5, 5.41) is 50.2. The van der Waals surface area contributed by atoms with Crippen molar-refractivity contribution < 1.29 is 49.8 Å². The van der Waals surface area contributed by atoms with Gasteiger partial charge in [0.15, 0.2) is 11.8 Å². The van der Waals surface area contributed by atoms with Crippen LogP contribution in [-0.4, -0.2) is 67.7 Å². The summed E-state index contributed by atoms with van der Waals surface area (Å²) in [6.45, 7) is 3.70. The predicted molar refractivity (Wildman–Crippen MR) is 97.7 cm³/mol. The van der Waals surface area contributed by atoms with Crippen molar-refractivity contribution in [1.82, 2.24) is 0 Å². The molecule has 10 nitrogen and oxygen atoms in total. The van der Waals surface area contributed by atoms with E-state index in [1.807, 2.05) is 0 Å². The van der Waals surface area contributed by atoms with Gasteiger partial charge in [-0.25, -0.2) is 0 Å². The van der Waals surface area contributed by atoms with Crippen LogP contribution in [0.5, 0.6) is 0 Å². The molecular formula is C18H32O10. The molecule has 1 rings (SSSR count). The van der Waals surface area contributed by atoms with Gasteiger partial charge in [0.1, 0.15) is 0 Å². The van der Waals surface area contributed by atoms with E-state index >= 15 is 0 Å². The van der Waals surface area contributed by atoms with Gasteiger partial charge in [-0.15, -0.1) is 0 Å². The van der Waals surface area contributed by atoms with Crippen molar-refractivity contribution in [3.63, 3.8) is 0 Å². The number of carbonyl (C=O) groups is 4. The number of aliphatic hydroxyl groups is 2. The lowest BCUT2D eigenvalue weighted by Crippen LogP contribution is -2.22. The molecule has 0 aliphatic heterocycles. The summed E-state index contributed by atoms with van der Waals surface area (Å²) < 4.78 is 0. The van der Waals surface area contributed by atoms with Crippen LogP contribution in [0.15, 0.2) is 0 Å². The number of rotatable bonds is 8. The molecule has 0 amide bonds. The van der Waals surface area contributed by atoms with E-state index in [2.05, 4.69) is 0 Å². The molecule has 0 aromatic carbocycles. The topological polar surface area (TPSA) is 190 Å². The number of aliphatic carboxylic acids is 4. The van der Waals surface area contributed by atoms with Crippen LogP contribution >= 0.6 is 0 Å². The Hall–Kier alpha value is -2.20. The third-order valence-electron chi connectivity index (χ3n) is 4.49. The molecule has 28 heavy (non-hydrogen) atoms. The Balaban J connectivity index is 0. The highest BCUT2D eigenvalue weighted by atomic mass is 16.4. The minimum Gasteiger partial charge on any atom is -0.481 e. The minimum atomic E-state index is -1.27. The van der Waals surface area contributed by atoms with Crippen molar-refractivity contribution in [2.24, 2.45) is 23.7 Å². The highest BCUT2D eigenvalue weighted by molar-refractivity contribution is 5.93. The lowest BCUT2D eigenvalue weighted by Gasteiger charge is -2.25. The molecule has 0 saturated heterocycles. The molecule has 1 aliphatic rings. The summed E-state index contributed by atoms with van der Waals surface area (Å²) in [6, 6.07) is 0. The Bertz CT molecular complexity index is 411. The van der Waals surface area contributed by atoms with Crippen molar-refractivity contribution in [3.8, 4) is 0 Å². The van der Waals surface area contributed by atoms with Gasteiger partial charge in [-0.05, 0) is 50.4 Å². The zero-order valence-corrected chi connectivity index (χ0v) is 16.3. The maximum atomic E-state index is 9.99. The van der Waals surface area contributed by atoms with E-state index in [1.54, 1.807) is 0 Å². The number of hydrogen-bond acceptors (Lipinski definition) is 6. The first-order valence-corrected chi connectivity index (χ1v) is 9.18. The maximum Gasteiger partial charge on any atom is 0.317 e.